The van der Waals surface area contributed by atoms with E-state index in [4.69, 9.17) is 21.7 Å². The first-order valence-electron chi connectivity index (χ1n) is 10.6. The number of hydrogen-bond donors (Lipinski definition) is 2. The molecule has 31 heavy (non-hydrogen) atoms. The first-order chi connectivity index (χ1) is 15.0. The summed E-state index contributed by atoms with van der Waals surface area (Å²) in [6.45, 7) is 6.09. The number of anilines is 1. The number of esters is 1. The van der Waals surface area contributed by atoms with Crippen molar-refractivity contribution >= 4 is 29.2 Å². The van der Waals surface area contributed by atoms with E-state index in [1.54, 1.807) is 0 Å². The van der Waals surface area contributed by atoms with Crippen molar-refractivity contribution in [2.24, 2.45) is 0 Å². The topological polar surface area (TPSA) is 74.7 Å². The van der Waals surface area contributed by atoms with Crippen molar-refractivity contribution in [3.05, 3.63) is 64.7 Å². The number of ether oxygens (including phenoxy) is 2. The zero-order valence-corrected chi connectivity index (χ0v) is 19.1. The van der Waals surface area contributed by atoms with Gasteiger partial charge in [0, 0.05) is 30.7 Å². The second-order valence-electron chi connectivity index (χ2n) is 7.30. The fraction of sp³-hybridized carbons (Fsp3) is 0.417. The van der Waals surface area contributed by atoms with Crippen LogP contribution in [0.1, 0.15) is 37.3 Å². The van der Waals surface area contributed by atoms with Gasteiger partial charge in [0.15, 0.2) is 0 Å². The monoisotopic (exact) mass is 445 g/mol. The second-order valence-corrected chi connectivity index (χ2v) is 7.74. The summed E-state index contributed by atoms with van der Waals surface area (Å²) in [5.74, 6) is -0.0179. The molecule has 0 saturated carbocycles. The van der Waals surface area contributed by atoms with Gasteiger partial charge in [0.2, 0.25) is 5.90 Å². The van der Waals surface area contributed by atoms with Gasteiger partial charge < -0.3 is 19.7 Å². The zero-order chi connectivity index (χ0) is 22.5. The van der Waals surface area contributed by atoms with Gasteiger partial charge in [-0.3, -0.25) is 10.2 Å². The number of methoxy groups -OCH3 is 1. The average Bonchev–Trinajstić information content (AvgIpc) is 3.30. The van der Waals surface area contributed by atoms with Crippen LogP contribution in [-0.2, 0) is 20.8 Å². The molecule has 3 rings (SSSR count). The molecule has 0 amide bonds. The van der Waals surface area contributed by atoms with Crippen molar-refractivity contribution in [1.82, 2.24) is 4.90 Å². The van der Waals surface area contributed by atoms with E-state index < -0.39 is 0 Å². The van der Waals surface area contributed by atoms with Crippen LogP contribution in [0.3, 0.4) is 0 Å². The van der Waals surface area contributed by atoms with E-state index in [1.807, 2.05) is 48.5 Å². The number of likely N-dealkylation sites (tertiary alicyclic amines) is 1. The quantitative estimate of drug-likeness (QED) is 0.260. The first-order valence-corrected chi connectivity index (χ1v) is 10.9. The molecule has 1 fully saturated rings. The van der Waals surface area contributed by atoms with Crippen LogP contribution in [-0.4, -0.2) is 50.1 Å². The van der Waals surface area contributed by atoms with Gasteiger partial charge >= 0.3 is 5.97 Å². The van der Waals surface area contributed by atoms with Crippen molar-refractivity contribution in [2.75, 3.05) is 38.7 Å². The van der Waals surface area contributed by atoms with E-state index in [0.717, 1.165) is 34.8 Å². The van der Waals surface area contributed by atoms with Gasteiger partial charge in [-0.1, -0.05) is 35.9 Å². The molecule has 0 unspecified atom stereocenters. The average molecular weight is 446 g/mol. The molecule has 6 nitrogen and oxygen atoms in total. The Kier molecular flexibility index (Phi) is 10.9. The zero-order valence-electron chi connectivity index (χ0n) is 18.3. The molecule has 7 heteroatoms. The van der Waals surface area contributed by atoms with Gasteiger partial charge in [-0.2, -0.15) is 0 Å². The maximum absolute atomic E-state index is 9.59. The summed E-state index contributed by atoms with van der Waals surface area (Å²) in [5.41, 5.74) is 2.84. The summed E-state index contributed by atoms with van der Waals surface area (Å²) in [4.78, 5) is 12.1. The summed E-state index contributed by atoms with van der Waals surface area (Å²) < 4.78 is 9.81. The van der Waals surface area contributed by atoms with Crippen LogP contribution in [0.4, 0.5) is 5.69 Å². The van der Waals surface area contributed by atoms with Gasteiger partial charge in [0.25, 0.3) is 0 Å². The Morgan fingerprint density at radius 3 is 2.42 bits per heavy atom. The molecular formula is C24H32ClN3O3. The van der Waals surface area contributed by atoms with Crippen LogP contribution in [0.25, 0.3) is 0 Å². The Morgan fingerprint density at radius 1 is 1.13 bits per heavy atom. The highest BCUT2D eigenvalue weighted by atomic mass is 35.5. The Balaban J connectivity index is 0.000000614. The molecule has 1 heterocycles. The fourth-order valence-corrected chi connectivity index (χ4v) is 3.31. The van der Waals surface area contributed by atoms with E-state index in [2.05, 4.69) is 15.0 Å². The molecule has 0 radical (unpaired) electrons. The van der Waals surface area contributed by atoms with Crippen molar-refractivity contribution in [2.45, 2.75) is 32.7 Å². The molecule has 0 bridgehead atoms. The number of nitrogens with one attached hydrogen (secondary N) is 2. The number of halogens is 1. The number of carbonyl (C=O) groups excluding carboxylic acids is 1. The minimum atomic E-state index is -0.245. The summed E-state index contributed by atoms with van der Waals surface area (Å²) in [7, 11) is 1.35. The molecule has 0 aliphatic carbocycles. The van der Waals surface area contributed by atoms with Crippen molar-refractivity contribution < 1.29 is 14.3 Å². The van der Waals surface area contributed by atoms with Crippen molar-refractivity contribution in [3.63, 3.8) is 0 Å². The minimum absolute atomic E-state index is 0.227. The minimum Gasteiger partial charge on any atom is -0.478 e. The summed E-state index contributed by atoms with van der Waals surface area (Å²) in [6, 6.07) is 15.6. The van der Waals surface area contributed by atoms with Crippen molar-refractivity contribution in [1.29, 1.82) is 5.41 Å². The fourth-order valence-electron chi connectivity index (χ4n) is 3.18. The Bertz CT molecular complexity index is 821. The number of nitrogens with zero attached hydrogens (tertiary/aromatic N) is 1. The van der Waals surface area contributed by atoms with E-state index in [1.165, 1.54) is 40.0 Å². The van der Waals surface area contributed by atoms with Gasteiger partial charge in [-0.15, -0.1) is 0 Å². The number of carbonyl (C=O) groups is 1. The lowest BCUT2D eigenvalue weighted by Crippen LogP contribution is -2.22. The van der Waals surface area contributed by atoms with E-state index >= 15 is 0 Å². The van der Waals surface area contributed by atoms with E-state index in [-0.39, 0.29) is 11.9 Å². The van der Waals surface area contributed by atoms with Crippen LogP contribution >= 0.6 is 11.6 Å². The molecule has 2 aromatic rings. The smallest absolute Gasteiger partial charge is 0.302 e. The van der Waals surface area contributed by atoms with Gasteiger partial charge in [-0.05, 0) is 62.2 Å². The molecule has 2 aromatic carbocycles. The number of hydrogen-bond acceptors (Lipinski definition) is 6. The Morgan fingerprint density at radius 2 is 1.77 bits per heavy atom. The normalized spacial score (nSPS) is 13.1. The van der Waals surface area contributed by atoms with Gasteiger partial charge in [0.1, 0.15) is 0 Å². The summed E-state index contributed by atoms with van der Waals surface area (Å²) in [5, 5.41) is 12.4. The Hall–Kier alpha value is -2.57. The number of benzene rings is 2. The first kappa shape index (κ1) is 24.7. The number of para-hydroxylation sites is 1. The molecule has 1 saturated heterocycles. The summed E-state index contributed by atoms with van der Waals surface area (Å²) in [6.07, 6.45) is 3.58. The SMILES string of the molecule is COC(C)=O.N=C(OCCCN1CCCC1)c1ccccc1NCc1ccc(Cl)cc1. The second kappa shape index (κ2) is 13.7. The third kappa shape index (κ3) is 9.40. The third-order valence-electron chi connectivity index (χ3n) is 4.92. The van der Waals surface area contributed by atoms with Gasteiger partial charge in [-0.25, -0.2) is 0 Å². The van der Waals surface area contributed by atoms with Crippen molar-refractivity contribution in [3.8, 4) is 0 Å². The third-order valence-corrected chi connectivity index (χ3v) is 5.17. The van der Waals surface area contributed by atoms with E-state index in [9.17, 15) is 4.79 Å². The molecule has 168 valence electrons. The molecule has 1 aliphatic heterocycles. The maximum atomic E-state index is 9.59. The Labute approximate surface area is 190 Å². The van der Waals surface area contributed by atoms with Crippen LogP contribution in [0.2, 0.25) is 5.02 Å². The van der Waals surface area contributed by atoms with Crippen LogP contribution in [0, 0.1) is 5.41 Å². The summed E-state index contributed by atoms with van der Waals surface area (Å²) >= 11 is 5.93. The van der Waals surface area contributed by atoms with Gasteiger partial charge in [0.05, 0.1) is 19.3 Å². The van der Waals surface area contributed by atoms with E-state index in [0.29, 0.717) is 13.2 Å². The molecule has 0 spiro atoms. The lowest BCUT2D eigenvalue weighted by Gasteiger charge is -2.16. The van der Waals surface area contributed by atoms with Crippen LogP contribution in [0.15, 0.2) is 48.5 Å². The van der Waals surface area contributed by atoms with Crippen LogP contribution in [0.5, 0.6) is 0 Å². The standard InChI is InChI=1S/C21H26ClN3O.C3H6O2/c22-18-10-8-17(9-11-18)16-24-20-7-2-1-6-19(20)21(23)26-15-5-14-25-12-3-4-13-25;1-3(4)5-2/h1-2,6-11,23-24H,3-5,12-16H2;1-2H3. The largest absolute Gasteiger partial charge is 0.478 e. The lowest BCUT2D eigenvalue weighted by atomic mass is 10.1. The molecule has 0 atom stereocenters. The number of rotatable bonds is 8. The highest BCUT2D eigenvalue weighted by Gasteiger charge is 2.12. The molecular weight excluding hydrogens is 414 g/mol. The maximum Gasteiger partial charge on any atom is 0.302 e. The molecule has 0 aromatic heterocycles. The molecule has 1 aliphatic rings. The highest BCUT2D eigenvalue weighted by Crippen LogP contribution is 2.18. The highest BCUT2D eigenvalue weighted by molar-refractivity contribution is 6.30. The van der Waals surface area contributed by atoms with Crippen LogP contribution < -0.4 is 5.32 Å². The molecule has 2 N–H and O–H groups in total. The lowest BCUT2D eigenvalue weighted by molar-refractivity contribution is -0.137. The predicted molar refractivity (Wildman–Crippen MR) is 126 cm³/mol. The predicted octanol–water partition coefficient (Wildman–Crippen LogP) is 4.96.